The van der Waals surface area contributed by atoms with Gasteiger partial charge in [-0.3, -0.25) is 0 Å². The molecule has 1 aliphatic carbocycles. The maximum absolute atomic E-state index is 4.40. The number of halogens is 1. The van der Waals surface area contributed by atoms with Crippen LogP contribution >= 0.6 is 15.9 Å². The van der Waals surface area contributed by atoms with Gasteiger partial charge in [0.2, 0.25) is 0 Å². The second kappa shape index (κ2) is 3.09. The molecule has 0 saturated heterocycles. The Morgan fingerprint density at radius 2 is 2.21 bits per heavy atom. The highest BCUT2D eigenvalue weighted by molar-refractivity contribution is 9.10. The molecule has 3 rings (SSSR count). The molecule has 0 N–H and O–H groups in total. The number of aromatic nitrogens is 2. The molecule has 0 atom stereocenters. The molecule has 72 valence electrons. The first-order valence-electron chi connectivity index (χ1n) is 4.97. The number of hydrogen-bond acceptors (Lipinski definition) is 1. The van der Waals surface area contributed by atoms with Gasteiger partial charge in [-0.05, 0) is 37.5 Å². The van der Waals surface area contributed by atoms with E-state index < -0.39 is 0 Å². The number of nitrogens with zero attached hydrogens (tertiary/aromatic N) is 2. The van der Waals surface area contributed by atoms with Gasteiger partial charge in [-0.1, -0.05) is 15.9 Å². The maximum Gasteiger partial charge on any atom is 0.0960 e. The lowest BCUT2D eigenvalue weighted by atomic mass is 9.93. The Kier molecular flexibility index (Phi) is 1.87. The molecular weight excluding hydrogens is 240 g/mol. The quantitative estimate of drug-likeness (QED) is 0.758. The number of fused-ring (bicyclic) bond motifs is 1. The van der Waals surface area contributed by atoms with Crippen LogP contribution in [0, 0.1) is 0 Å². The van der Waals surface area contributed by atoms with Gasteiger partial charge in [-0.2, -0.15) is 0 Å². The van der Waals surface area contributed by atoms with Crippen LogP contribution in [0.25, 0.3) is 11.0 Å². The monoisotopic (exact) mass is 250 g/mol. The molecule has 0 radical (unpaired) electrons. The predicted molar refractivity (Wildman–Crippen MR) is 60.3 cm³/mol. The molecule has 3 heteroatoms. The Morgan fingerprint density at radius 1 is 1.36 bits per heavy atom. The van der Waals surface area contributed by atoms with Crippen molar-refractivity contribution in [2.24, 2.45) is 0 Å². The molecule has 1 aliphatic rings. The number of imidazole rings is 1. The van der Waals surface area contributed by atoms with Crippen LogP contribution in [0.1, 0.15) is 25.3 Å². The van der Waals surface area contributed by atoms with Crippen LogP contribution in [0.2, 0.25) is 0 Å². The van der Waals surface area contributed by atoms with Gasteiger partial charge in [-0.25, -0.2) is 4.98 Å². The van der Waals surface area contributed by atoms with E-state index in [1.54, 1.807) is 0 Å². The third-order valence-corrected chi connectivity index (χ3v) is 3.50. The molecule has 0 amide bonds. The van der Waals surface area contributed by atoms with Crippen LogP contribution < -0.4 is 0 Å². The minimum atomic E-state index is 0.689. The average molecular weight is 251 g/mol. The van der Waals surface area contributed by atoms with Crippen molar-refractivity contribution in [3.63, 3.8) is 0 Å². The molecule has 0 bridgehead atoms. The SMILES string of the molecule is Brc1ccc2ncn(C3CCC3)c2c1. The lowest BCUT2D eigenvalue weighted by molar-refractivity contribution is 0.320. The Hall–Kier alpha value is -0.830. The first-order valence-corrected chi connectivity index (χ1v) is 5.76. The Bertz CT molecular complexity index is 471. The first kappa shape index (κ1) is 8.48. The summed E-state index contributed by atoms with van der Waals surface area (Å²) in [4.78, 5) is 4.40. The molecule has 14 heavy (non-hydrogen) atoms. The molecule has 1 heterocycles. The Morgan fingerprint density at radius 3 is 2.93 bits per heavy atom. The first-order chi connectivity index (χ1) is 6.84. The number of benzene rings is 1. The second-order valence-corrected chi connectivity index (χ2v) is 4.79. The van der Waals surface area contributed by atoms with E-state index in [2.05, 4.69) is 37.6 Å². The van der Waals surface area contributed by atoms with Crippen molar-refractivity contribution in [2.45, 2.75) is 25.3 Å². The summed E-state index contributed by atoms with van der Waals surface area (Å²) in [5, 5.41) is 0. The highest BCUT2D eigenvalue weighted by Gasteiger charge is 2.20. The van der Waals surface area contributed by atoms with Crippen molar-refractivity contribution in [3.8, 4) is 0 Å². The lowest BCUT2D eigenvalue weighted by Crippen LogP contribution is -2.15. The van der Waals surface area contributed by atoms with Gasteiger partial charge in [0.1, 0.15) is 0 Å². The van der Waals surface area contributed by atoms with Crippen molar-refractivity contribution >= 4 is 27.0 Å². The standard InChI is InChI=1S/C11H11BrN2/c12-8-4-5-10-11(6-8)14(7-13-10)9-2-1-3-9/h4-7,9H,1-3H2. The normalized spacial score (nSPS) is 17.2. The third kappa shape index (κ3) is 1.19. The van der Waals surface area contributed by atoms with Crippen LogP contribution in [0.4, 0.5) is 0 Å². The fourth-order valence-electron chi connectivity index (χ4n) is 1.96. The molecule has 1 saturated carbocycles. The van der Waals surface area contributed by atoms with Crippen molar-refractivity contribution in [1.82, 2.24) is 9.55 Å². The van der Waals surface area contributed by atoms with Crippen LogP contribution in [-0.4, -0.2) is 9.55 Å². The van der Waals surface area contributed by atoms with E-state index in [0.29, 0.717) is 6.04 Å². The minimum absolute atomic E-state index is 0.689. The van der Waals surface area contributed by atoms with Crippen LogP contribution in [0.5, 0.6) is 0 Å². The molecule has 1 aromatic heterocycles. The van der Waals surface area contributed by atoms with E-state index in [0.717, 1.165) is 9.99 Å². The van der Waals surface area contributed by atoms with Crippen LogP contribution in [0.3, 0.4) is 0 Å². The van der Waals surface area contributed by atoms with Gasteiger partial charge >= 0.3 is 0 Å². The summed E-state index contributed by atoms with van der Waals surface area (Å²) in [5.41, 5.74) is 2.35. The highest BCUT2D eigenvalue weighted by atomic mass is 79.9. The molecular formula is C11H11BrN2. The topological polar surface area (TPSA) is 17.8 Å². The summed E-state index contributed by atoms with van der Waals surface area (Å²) in [5.74, 6) is 0. The molecule has 1 fully saturated rings. The van der Waals surface area contributed by atoms with Gasteiger partial charge in [0.25, 0.3) is 0 Å². The van der Waals surface area contributed by atoms with E-state index >= 15 is 0 Å². The summed E-state index contributed by atoms with van der Waals surface area (Å²) < 4.78 is 3.44. The fourth-order valence-corrected chi connectivity index (χ4v) is 2.30. The zero-order valence-electron chi connectivity index (χ0n) is 7.78. The lowest BCUT2D eigenvalue weighted by Gasteiger charge is -2.27. The van der Waals surface area contributed by atoms with E-state index in [4.69, 9.17) is 0 Å². The van der Waals surface area contributed by atoms with Crippen molar-refractivity contribution in [1.29, 1.82) is 0 Å². The molecule has 2 aromatic rings. The van der Waals surface area contributed by atoms with Crippen molar-refractivity contribution in [2.75, 3.05) is 0 Å². The summed E-state index contributed by atoms with van der Waals surface area (Å²) >= 11 is 3.50. The largest absolute Gasteiger partial charge is 0.327 e. The van der Waals surface area contributed by atoms with E-state index in [-0.39, 0.29) is 0 Å². The molecule has 1 aromatic carbocycles. The zero-order valence-corrected chi connectivity index (χ0v) is 9.37. The van der Waals surface area contributed by atoms with Crippen molar-refractivity contribution in [3.05, 3.63) is 29.0 Å². The van der Waals surface area contributed by atoms with Gasteiger partial charge in [-0.15, -0.1) is 0 Å². The second-order valence-electron chi connectivity index (χ2n) is 3.87. The summed E-state index contributed by atoms with van der Waals surface area (Å²) in [6.45, 7) is 0. The van der Waals surface area contributed by atoms with Gasteiger partial charge in [0, 0.05) is 10.5 Å². The molecule has 0 spiro atoms. The summed E-state index contributed by atoms with van der Waals surface area (Å²) in [7, 11) is 0. The minimum Gasteiger partial charge on any atom is -0.327 e. The van der Waals surface area contributed by atoms with Crippen LogP contribution in [0.15, 0.2) is 29.0 Å². The van der Waals surface area contributed by atoms with Gasteiger partial charge in [0.15, 0.2) is 0 Å². The van der Waals surface area contributed by atoms with Gasteiger partial charge in [0.05, 0.1) is 17.4 Å². The molecule has 2 nitrogen and oxygen atoms in total. The average Bonchev–Trinajstić information content (AvgIpc) is 2.46. The fraction of sp³-hybridized carbons (Fsp3) is 0.364. The highest BCUT2D eigenvalue weighted by Crippen LogP contribution is 2.34. The van der Waals surface area contributed by atoms with Crippen LogP contribution in [-0.2, 0) is 0 Å². The molecule has 0 aliphatic heterocycles. The summed E-state index contributed by atoms with van der Waals surface area (Å²) in [6.07, 6.45) is 5.94. The van der Waals surface area contributed by atoms with Gasteiger partial charge < -0.3 is 4.57 Å². The Labute approximate surface area is 91.1 Å². The van der Waals surface area contributed by atoms with Crippen molar-refractivity contribution < 1.29 is 0 Å². The summed E-state index contributed by atoms with van der Waals surface area (Å²) in [6, 6.07) is 6.95. The predicted octanol–water partition coefficient (Wildman–Crippen LogP) is 3.52. The number of rotatable bonds is 1. The number of hydrogen-bond donors (Lipinski definition) is 0. The van der Waals surface area contributed by atoms with E-state index in [1.807, 2.05) is 12.4 Å². The van der Waals surface area contributed by atoms with E-state index in [1.165, 1.54) is 24.8 Å². The zero-order chi connectivity index (χ0) is 9.54. The maximum atomic E-state index is 4.40. The smallest absolute Gasteiger partial charge is 0.0960 e. The Balaban J connectivity index is 2.18. The van der Waals surface area contributed by atoms with E-state index in [9.17, 15) is 0 Å². The third-order valence-electron chi connectivity index (χ3n) is 3.00. The molecule has 0 unspecified atom stereocenters.